The number of ether oxygens (including phenoxy) is 2. The van der Waals surface area contributed by atoms with Crippen LogP contribution in [0.3, 0.4) is 0 Å². The quantitative estimate of drug-likeness (QED) is 0.271. The van der Waals surface area contributed by atoms with Crippen LogP contribution >= 0.6 is 23.2 Å². The average molecular weight is 564 g/mol. The van der Waals surface area contributed by atoms with Gasteiger partial charge in [-0.15, -0.1) is 0 Å². The van der Waals surface area contributed by atoms with Crippen molar-refractivity contribution in [2.24, 2.45) is 7.05 Å². The summed E-state index contributed by atoms with van der Waals surface area (Å²) >= 11 is 12.6. The van der Waals surface area contributed by atoms with E-state index in [2.05, 4.69) is 0 Å². The van der Waals surface area contributed by atoms with Gasteiger partial charge in [0.15, 0.2) is 0 Å². The fraction of sp³-hybridized carbons (Fsp3) is 0.308. The highest BCUT2D eigenvalue weighted by atomic mass is 35.5. The van der Waals surface area contributed by atoms with Crippen LogP contribution in [0.25, 0.3) is 11.1 Å². The van der Waals surface area contributed by atoms with E-state index in [9.17, 15) is 24.8 Å². The lowest BCUT2D eigenvalue weighted by molar-refractivity contribution is -0.384. The third-order valence-corrected chi connectivity index (χ3v) is 5.82. The molecule has 0 bridgehead atoms. The molecular formula is C26H27Cl2N3O7. The smallest absolute Gasteiger partial charge is 0.410 e. The second-order valence-corrected chi connectivity index (χ2v) is 10.2. The Bertz CT molecular complexity index is 1420. The number of pyridine rings is 1. The van der Waals surface area contributed by atoms with Crippen molar-refractivity contribution in [2.75, 3.05) is 13.2 Å². The molecular weight excluding hydrogens is 537 g/mol. The number of nitrogens with zero attached hydrogens (tertiary/aromatic N) is 3. The molecule has 38 heavy (non-hydrogen) atoms. The number of nitro benzene ring substituents is 1. The van der Waals surface area contributed by atoms with Crippen LogP contribution < -0.4 is 10.3 Å². The molecule has 202 valence electrons. The Morgan fingerprint density at radius 1 is 1.11 bits per heavy atom. The van der Waals surface area contributed by atoms with Gasteiger partial charge in [-0.25, -0.2) is 4.79 Å². The van der Waals surface area contributed by atoms with Gasteiger partial charge in [0.1, 0.15) is 17.1 Å². The van der Waals surface area contributed by atoms with Crippen molar-refractivity contribution in [3.63, 3.8) is 0 Å². The minimum Gasteiger partial charge on any atom is -0.456 e. The van der Waals surface area contributed by atoms with Gasteiger partial charge in [-0.2, -0.15) is 0 Å². The number of aromatic nitrogens is 1. The average Bonchev–Trinajstić information content (AvgIpc) is 2.82. The number of aliphatic hydroxyl groups is 1. The monoisotopic (exact) mass is 563 g/mol. The zero-order chi connectivity index (χ0) is 28.2. The fourth-order valence-corrected chi connectivity index (χ4v) is 3.95. The van der Waals surface area contributed by atoms with Crippen LogP contribution in [-0.4, -0.2) is 44.3 Å². The van der Waals surface area contributed by atoms with Crippen molar-refractivity contribution in [2.45, 2.75) is 32.9 Å². The molecule has 0 unspecified atom stereocenters. The molecule has 3 rings (SSSR count). The SMILES string of the molecule is Cn1cc(-c2cc([N+](=O)[O-])ccc2Oc2ccc(Cl)cc2CN(CCO)C(=O)OC(C)(C)C)c(Cl)cc1=O. The van der Waals surface area contributed by atoms with E-state index < -0.39 is 16.6 Å². The number of aryl methyl sites for hydroxylation is 1. The number of non-ortho nitro benzene ring substituents is 1. The first-order chi connectivity index (χ1) is 17.8. The van der Waals surface area contributed by atoms with Crippen LogP contribution in [0.15, 0.2) is 53.5 Å². The minimum absolute atomic E-state index is 0.00268. The van der Waals surface area contributed by atoms with Gasteiger partial charge in [0.25, 0.3) is 11.2 Å². The number of carbonyl (C=O) groups excluding carboxylic acids is 1. The topological polar surface area (TPSA) is 124 Å². The zero-order valence-corrected chi connectivity index (χ0v) is 22.7. The number of benzene rings is 2. The molecule has 0 aliphatic heterocycles. The minimum atomic E-state index is -0.749. The second-order valence-electron chi connectivity index (χ2n) is 9.40. The number of aliphatic hydroxyl groups excluding tert-OH is 1. The summed E-state index contributed by atoms with van der Waals surface area (Å²) in [5.41, 5.74) is -0.182. The third kappa shape index (κ3) is 7.25. The van der Waals surface area contributed by atoms with E-state index in [0.29, 0.717) is 21.9 Å². The highest BCUT2D eigenvalue weighted by molar-refractivity contribution is 6.33. The highest BCUT2D eigenvalue weighted by Gasteiger charge is 2.24. The maximum absolute atomic E-state index is 12.8. The summed E-state index contributed by atoms with van der Waals surface area (Å²) in [7, 11) is 1.53. The molecule has 1 heterocycles. The molecule has 0 spiro atoms. The summed E-state index contributed by atoms with van der Waals surface area (Å²) in [6.45, 7) is 4.89. The van der Waals surface area contributed by atoms with Crippen molar-refractivity contribution >= 4 is 35.0 Å². The molecule has 12 heteroatoms. The first-order valence-electron chi connectivity index (χ1n) is 11.5. The molecule has 0 atom stereocenters. The van der Waals surface area contributed by atoms with Crippen molar-refractivity contribution in [1.82, 2.24) is 9.47 Å². The zero-order valence-electron chi connectivity index (χ0n) is 21.2. The van der Waals surface area contributed by atoms with Crippen molar-refractivity contribution < 1.29 is 24.3 Å². The third-order valence-electron chi connectivity index (χ3n) is 5.27. The van der Waals surface area contributed by atoms with Crippen LogP contribution in [0.1, 0.15) is 26.3 Å². The number of nitro groups is 1. The molecule has 0 fully saturated rings. The predicted octanol–water partition coefficient (Wildman–Crippen LogP) is 5.79. The molecule has 0 saturated heterocycles. The van der Waals surface area contributed by atoms with E-state index in [1.54, 1.807) is 39.0 Å². The Balaban J connectivity index is 2.08. The number of hydrogen-bond donors (Lipinski definition) is 1. The van der Waals surface area contributed by atoms with E-state index >= 15 is 0 Å². The normalized spacial score (nSPS) is 11.2. The molecule has 1 N–H and O–H groups in total. The highest BCUT2D eigenvalue weighted by Crippen LogP contribution is 2.40. The molecule has 0 radical (unpaired) electrons. The van der Waals surface area contributed by atoms with Gasteiger partial charge in [0, 0.05) is 59.7 Å². The van der Waals surface area contributed by atoms with Gasteiger partial charge >= 0.3 is 6.09 Å². The number of halogens is 2. The second kappa shape index (κ2) is 11.8. The van der Waals surface area contributed by atoms with Crippen molar-refractivity contribution in [3.8, 4) is 22.6 Å². The van der Waals surface area contributed by atoms with E-state index in [1.807, 2.05) is 0 Å². The van der Waals surface area contributed by atoms with Gasteiger partial charge in [-0.3, -0.25) is 14.9 Å². The maximum Gasteiger partial charge on any atom is 0.410 e. The fourth-order valence-electron chi connectivity index (χ4n) is 3.51. The Kier molecular flexibility index (Phi) is 9.03. The van der Waals surface area contributed by atoms with Crippen LogP contribution in [0.2, 0.25) is 10.0 Å². The summed E-state index contributed by atoms with van der Waals surface area (Å²) in [4.78, 5) is 37.0. The first kappa shape index (κ1) is 29.0. The largest absolute Gasteiger partial charge is 0.456 e. The van der Waals surface area contributed by atoms with E-state index in [4.69, 9.17) is 32.7 Å². The maximum atomic E-state index is 12.8. The molecule has 1 aromatic heterocycles. The number of hydrogen-bond acceptors (Lipinski definition) is 7. The lowest BCUT2D eigenvalue weighted by Crippen LogP contribution is -2.38. The Morgan fingerprint density at radius 2 is 1.79 bits per heavy atom. The Labute approximate surface area is 229 Å². The summed E-state index contributed by atoms with van der Waals surface area (Å²) in [5.74, 6) is 0.516. The molecule has 2 aromatic carbocycles. The summed E-state index contributed by atoms with van der Waals surface area (Å²) < 4.78 is 13.0. The lowest BCUT2D eigenvalue weighted by Gasteiger charge is -2.27. The van der Waals surface area contributed by atoms with Crippen LogP contribution in [-0.2, 0) is 18.3 Å². The predicted molar refractivity (Wildman–Crippen MR) is 144 cm³/mol. The molecule has 10 nitrogen and oxygen atoms in total. The molecule has 1 amide bonds. The molecule has 0 aliphatic rings. The van der Waals surface area contributed by atoms with Gasteiger partial charge in [0.05, 0.1) is 23.1 Å². The van der Waals surface area contributed by atoms with E-state index in [0.717, 1.165) is 0 Å². The van der Waals surface area contributed by atoms with E-state index in [-0.39, 0.29) is 47.3 Å². The number of rotatable bonds is 8. The first-order valence-corrected chi connectivity index (χ1v) is 12.2. The molecule has 0 aliphatic carbocycles. The standard InChI is InChI=1S/C26H27Cl2N3O7/c1-26(2,3)38-25(34)30(9-10-32)14-16-11-17(27)5-7-22(16)37-23-8-6-18(31(35)36)12-19(23)20-15-29(4)24(33)13-21(20)28/h5-8,11-13,15,32H,9-10,14H2,1-4H3. The molecule has 0 saturated carbocycles. The van der Waals surface area contributed by atoms with Gasteiger partial charge in [-0.1, -0.05) is 23.2 Å². The van der Waals surface area contributed by atoms with Crippen molar-refractivity contribution in [3.05, 3.63) is 84.7 Å². The summed E-state index contributed by atoms with van der Waals surface area (Å²) in [6, 6.07) is 10.0. The summed E-state index contributed by atoms with van der Waals surface area (Å²) in [6.07, 6.45) is 0.829. The van der Waals surface area contributed by atoms with Gasteiger partial charge in [-0.05, 0) is 45.0 Å². The number of carbonyl (C=O) groups is 1. The molecule has 3 aromatic rings. The van der Waals surface area contributed by atoms with E-state index in [1.165, 1.54) is 47.0 Å². The van der Waals surface area contributed by atoms with Gasteiger partial charge < -0.3 is 24.0 Å². The Hall–Kier alpha value is -3.60. The Morgan fingerprint density at radius 3 is 2.42 bits per heavy atom. The van der Waals surface area contributed by atoms with Crippen LogP contribution in [0, 0.1) is 10.1 Å². The number of amides is 1. The van der Waals surface area contributed by atoms with Gasteiger partial charge in [0.2, 0.25) is 0 Å². The summed E-state index contributed by atoms with van der Waals surface area (Å²) in [5, 5.41) is 21.5. The van der Waals surface area contributed by atoms with Crippen LogP contribution in [0.5, 0.6) is 11.5 Å². The van der Waals surface area contributed by atoms with Crippen LogP contribution in [0.4, 0.5) is 10.5 Å². The van der Waals surface area contributed by atoms with Crippen molar-refractivity contribution in [1.29, 1.82) is 0 Å². The lowest BCUT2D eigenvalue weighted by atomic mass is 10.1.